The summed E-state index contributed by atoms with van der Waals surface area (Å²) in [5.41, 5.74) is 6.91. The molecule has 0 aliphatic carbocycles. The molecule has 6 heteroatoms. The van der Waals surface area contributed by atoms with Crippen LogP contribution >= 0.6 is 7.60 Å². The lowest BCUT2D eigenvalue weighted by Crippen LogP contribution is -2.26. The average molecular weight is 231 g/mol. The number of aryl methyl sites for hydroxylation is 1. The third-order valence-corrected chi connectivity index (χ3v) is 3.22. The Morgan fingerprint density at radius 1 is 1.33 bits per heavy atom. The molecule has 0 saturated heterocycles. The maximum Gasteiger partial charge on any atom is 0.355 e. The van der Waals surface area contributed by atoms with Crippen molar-refractivity contribution in [3.8, 4) is 0 Å². The van der Waals surface area contributed by atoms with Crippen LogP contribution in [-0.4, -0.2) is 20.7 Å². The van der Waals surface area contributed by atoms with Gasteiger partial charge in [0.1, 0.15) is 0 Å². The first kappa shape index (κ1) is 12.4. The smallest absolute Gasteiger partial charge is 0.355 e. The first-order valence-corrected chi connectivity index (χ1v) is 6.06. The molecule has 1 aromatic rings. The highest BCUT2D eigenvalue weighted by molar-refractivity contribution is 7.52. The number of aliphatic hydroxyl groups is 1. The summed E-state index contributed by atoms with van der Waals surface area (Å²) in [5, 5.41) is 9.34. The summed E-state index contributed by atoms with van der Waals surface area (Å²) in [6.45, 7) is 1.77. The minimum absolute atomic E-state index is 0.535. The van der Waals surface area contributed by atoms with Crippen molar-refractivity contribution in [1.82, 2.24) is 0 Å². The Morgan fingerprint density at radius 3 is 2.33 bits per heavy atom. The number of rotatable bonds is 3. The third-order valence-electron chi connectivity index (χ3n) is 2.21. The van der Waals surface area contributed by atoms with Crippen LogP contribution in [-0.2, 0) is 4.57 Å². The number of nitrogens with two attached hydrogens (primary N) is 1. The zero-order valence-electron chi connectivity index (χ0n) is 8.24. The molecule has 1 rings (SSSR count). The highest BCUT2D eigenvalue weighted by Crippen LogP contribution is 2.44. The van der Waals surface area contributed by atoms with Gasteiger partial charge < -0.3 is 20.6 Å². The molecule has 0 spiro atoms. The van der Waals surface area contributed by atoms with E-state index in [1.165, 1.54) is 0 Å². The van der Waals surface area contributed by atoms with Crippen LogP contribution in [0.4, 0.5) is 0 Å². The summed E-state index contributed by atoms with van der Waals surface area (Å²) < 4.78 is 10.8. The number of hydrogen-bond acceptors (Lipinski definition) is 3. The molecule has 0 bridgehead atoms. The number of benzene rings is 1. The molecule has 84 valence electrons. The van der Waals surface area contributed by atoms with Crippen molar-refractivity contribution in [2.45, 2.75) is 18.8 Å². The van der Waals surface area contributed by atoms with Crippen molar-refractivity contribution >= 4 is 7.60 Å². The van der Waals surface area contributed by atoms with Gasteiger partial charge in [0.25, 0.3) is 0 Å². The summed E-state index contributed by atoms with van der Waals surface area (Å²) in [4.78, 5) is 17.6. The normalized spacial score (nSPS) is 16.1. The van der Waals surface area contributed by atoms with Gasteiger partial charge in [0.2, 0.25) is 0 Å². The number of hydrogen-bond donors (Lipinski definition) is 4. The van der Waals surface area contributed by atoms with Gasteiger partial charge in [-0.05, 0) is 18.1 Å². The van der Waals surface area contributed by atoms with E-state index in [-0.39, 0.29) is 0 Å². The Balaban J connectivity index is 3.00. The van der Waals surface area contributed by atoms with Crippen LogP contribution in [0.25, 0.3) is 0 Å². The van der Waals surface area contributed by atoms with Crippen molar-refractivity contribution in [3.05, 3.63) is 35.4 Å². The molecule has 15 heavy (non-hydrogen) atoms. The maximum absolute atomic E-state index is 10.8. The quantitative estimate of drug-likeness (QED) is 0.567. The molecule has 2 unspecified atom stereocenters. The van der Waals surface area contributed by atoms with E-state index in [9.17, 15) is 9.67 Å². The second kappa shape index (κ2) is 4.43. The van der Waals surface area contributed by atoms with Gasteiger partial charge in [0.15, 0.2) is 5.85 Å². The van der Waals surface area contributed by atoms with Gasteiger partial charge in [-0.25, -0.2) is 0 Å². The zero-order chi connectivity index (χ0) is 11.6. The van der Waals surface area contributed by atoms with Crippen LogP contribution in [0.1, 0.15) is 17.2 Å². The lowest BCUT2D eigenvalue weighted by atomic mass is 10.0. The van der Waals surface area contributed by atoms with Crippen molar-refractivity contribution in [2.75, 3.05) is 0 Å². The van der Waals surface area contributed by atoms with Gasteiger partial charge in [-0.2, -0.15) is 0 Å². The molecule has 0 heterocycles. The van der Waals surface area contributed by atoms with Gasteiger partial charge in [-0.15, -0.1) is 0 Å². The molecule has 2 atom stereocenters. The molecule has 0 aliphatic rings. The predicted molar refractivity (Wildman–Crippen MR) is 56.2 cm³/mol. The Hall–Kier alpha value is -0.710. The molecular weight excluding hydrogens is 217 g/mol. The third kappa shape index (κ3) is 2.87. The second-order valence-corrected chi connectivity index (χ2v) is 5.09. The van der Waals surface area contributed by atoms with E-state index >= 15 is 0 Å². The van der Waals surface area contributed by atoms with E-state index in [4.69, 9.17) is 15.5 Å². The van der Waals surface area contributed by atoms with Crippen LogP contribution in [0.3, 0.4) is 0 Å². The van der Waals surface area contributed by atoms with E-state index in [0.29, 0.717) is 5.56 Å². The molecule has 0 aliphatic heterocycles. The molecule has 0 aromatic heterocycles. The fraction of sp³-hybridized carbons (Fsp3) is 0.333. The average Bonchev–Trinajstić information content (AvgIpc) is 2.15. The Kier molecular flexibility index (Phi) is 3.65. The van der Waals surface area contributed by atoms with Gasteiger partial charge in [-0.1, -0.05) is 24.3 Å². The van der Waals surface area contributed by atoms with Crippen LogP contribution in [0.5, 0.6) is 0 Å². The summed E-state index contributed by atoms with van der Waals surface area (Å²) in [5.74, 6) is -1.86. The van der Waals surface area contributed by atoms with E-state index in [0.717, 1.165) is 5.56 Å². The monoisotopic (exact) mass is 231 g/mol. The van der Waals surface area contributed by atoms with Crippen LogP contribution in [0.15, 0.2) is 24.3 Å². The number of aliphatic hydroxyl groups excluding tert-OH is 1. The fourth-order valence-electron chi connectivity index (χ4n) is 1.33. The van der Waals surface area contributed by atoms with Crippen molar-refractivity contribution in [1.29, 1.82) is 0 Å². The molecule has 0 amide bonds. The minimum atomic E-state index is -4.57. The fourth-order valence-corrected chi connectivity index (χ4v) is 1.91. The second-order valence-electron chi connectivity index (χ2n) is 3.39. The zero-order valence-corrected chi connectivity index (χ0v) is 9.13. The van der Waals surface area contributed by atoms with Crippen molar-refractivity contribution < 1.29 is 19.5 Å². The Labute approximate surface area is 87.7 Å². The Bertz CT molecular complexity index is 389. The van der Waals surface area contributed by atoms with E-state index in [1.54, 1.807) is 31.2 Å². The molecule has 1 aromatic carbocycles. The van der Waals surface area contributed by atoms with Crippen LogP contribution in [0, 0.1) is 6.92 Å². The highest BCUT2D eigenvalue weighted by Gasteiger charge is 2.33. The van der Waals surface area contributed by atoms with E-state index < -0.39 is 19.5 Å². The summed E-state index contributed by atoms with van der Waals surface area (Å²) in [6.07, 6.45) is 0. The highest BCUT2D eigenvalue weighted by atomic mass is 31.2. The van der Waals surface area contributed by atoms with Gasteiger partial charge in [0, 0.05) is 0 Å². The lowest BCUT2D eigenvalue weighted by molar-refractivity contribution is 0.177. The van der Waals surface area contributed by atoms with E-state index in [1.807, 2.05) is 0 Å². The Morgan fingerprint density at radius 2 is 1.87 bits per heavy atom. The largest absolute Gasteiger partial charge is 0.379 e. The molecule has 0 saturated carbocycles. The predicted octanol–water partition coefficient (Wildman–Crippen LogP) is 0.491. The summed E-state index contributed by atoms with van der Waals surface area (Å²) in [7, 11) is -4.57. The van der Waals surface area contributed by atoms with E-state index in [2.05, 4.69) is 0 Å². The first-order valence-electron chi connectivity index (χ1n) is 4.38. The van der Waals surface area contributed by atoms with Crippen molar-refractivity contribution in [2.24, 2.45) is 5.73 Å². The maximum atomic E-state index is 10.8. The SMILES string of the molecule is Cc1ccccc1C(N)C(O)P(=O)(O)O. The molecule has 0 radical (unpaired) electrons. The standard InChI is InChI=1S/C9H14NO4P/c1-6-4-2-3-5-7(6)8(10)9(11)15(12,13)14/h2-5,8-9,11H,10H2,1H3,(H2,12,13,14). The van der Waals surface area contributed by atoms with Crippen molar-refractivity contribution in [3.63, 3.8) is 0 Å². The van der Waals surface area contributed by atoms with Gasteiger partial charge in [0.05, 0.1) is 6.04 Å². The van der Waals surface area contributed by atoms with Gasteiger partial charge in [-0.3, -0.25) is 4.57 Å². The topological polar surface area (TPSA) is 104 Å². The van der Waals surface area contributed by atoms with Gasteiger partial charge >= 0.3 is 7.60 Å². The summed E-state index contributed by atoms with van der Waals surface area (Å²) >= 11 is 0. The molecule has 0 fully saturated rings. The van der Waals surface area contributed by atoms with Crippen LogP contribution < -0.4 is 5.73 Å². The minimum Gasteiger partial charge on any atom is -0.379 e. The summed E-state index contributed by atoms with van der Waals surface area (Å²) in [6, 6.07) is 5.82. The molecule has 5 nitrogen and oxygen atoms in total. The first-order chi connectivity index (χ1) is 6.84. The molecular formula is C9H14NO4P. The lowest BCUT2D eigenvalue weighted by Gasteiger charge is -2.21. The van der Waals surface area contributed by atoms with Crippen LogP contribution in [0.2, 0.25) is 0 Å². The molecule has 5 N–H and O–H groups in total.